The van der Waals surface area contributed by atoms with Gasteiger partial charge in [-0.05, 0) is 49.7 Å². The van der Waals surface area contributed by atoms with E-state index in [0.29, 0.717) is 11.8 Å². The first kappa shape index (κ1) is 17.1. The van der Waals surface area contributed by atoms with Gasteiger partial charge in [-0.1, -0.05) is 6.42 Å². The normalized spacial score (nSPS) is 27.9. The lowest BCUT2D eigenvalue weighted by Crippen LogP contribution is -2.46. The minimum absolute atomic E-state index is 0.0612. The molecular formula is C20H31N3O2. The minimum Gasteiger partial charge on any atom is -0.455 e. The maximum Gasteiger partial charge on any atom is 0.289 e. The van der Waals surface area contributed by atoms with Crippen LogP contribution in [0.25, 0.3) is 0 Å². The first-order valence-electron chi connectivity index (χ1n) is 9.85. The summed E-state index contributed by atoms with van der Waals surface area (Å²) in [5.41, 5.74) is 0. The Balaban J connectivity index is 1.38. The second-order valence-corrected chi connectivity index (χ2v) is 8.51. The van der Waals surface area contributed by atoms with Gasteiger partial charge in [0.25, 0.3) is 5.91 Å². The highest BCUT2D eigenvalue weighted by Gasteiger charge is 2.36. The van der Waals surface area contributed by atoms with Gasteiger partial charge in [0.1, 0.15) is 5.76 Å². The molecule has 1 aromatic heterocycles. The zero-order valence-corrected chi connectivity index (χ0v) is 15.6. The molecule has 4 heterocycles. The second kappa shape index (κ2) is 7.12. The van der Waals surface area contributed by atoms with E-state index in [2.05, 4.69) is 9.80 Å². The van der Waals surface area contributed by atoms with E-state index < -0.39 is 0 Å². The van der Waals surface area contributed by atoms with Crippen molar-refractivity contribution in [2.24, 2.45) is 11.8 Å². The van der Waals surface area contributed by atoms with Gasteiger partial charge in [-0.25, -0.2) is 0 Å². The third kappa shape index (κ3) is 3.77. The fraction of sp³-hybridized carbons (Fsp3) is 0.750. The molecule has 0 spiro atoms. The molecule has 2 atom stereocenters. The summed E-state index contributed by atoms with van der Waals surface area (Å²) in [7, 11) is 3.52. The Bertz CT molecular complexity index is 608. The maximum atomic E-state index is 12.0. The molecule has 5 heteroatoms. The highest BCUT2D eigenvalue weighted by Crippen LogP contribution is 2.33. The van der Waals surface area contributed by atoms with Crippen molar-refractivity contribution in [3.63, 3.8) is 0 Å². The van der Waals surface area contributed by atoms with Crippen LogP contribution in [-0.2, 0) is 6.54 Å². The molecule has 1 amide bonds. The summed E-state index contributed by atoms with van der Waals surface area (Å²) in [6, 6.07) is 4.49. The molecule has 1 saturated carbocycles. The molecule has 3 aliphatic heterocycles. The summed E-state index contributed by atoms with van der Waals surface area (Å²) in [5, 5.41) is 0. The number of hydrogen-bond acceptors (Lipinski definition) is 4. The number of hydrogen-bond donors (Lipinski definition) is 0. The predicted octanol–water partition coefficient (Wildman–Crippen LogP) is 2.68. The average Bonchev–Trinajstić information content (AvgIpc) is 2.83. The van der Waals surface area contributed by atoms with Gasteiger partial charge in [-0.3, -0.25) is 14.6 Å². The Morgan fingerprint density at radius 1 is 1.16 bits per heavy atom. The van der Waals surface area contributed by atoms with Crippen LogP contribution in [0.2, 0.25) is 0 Å². The van der Waals surface area contributed by atoms with Crippen molar-refractivity contribution < 1.29 is 9.21 Å². The molecule has 138 valence electrons. The monoisotopic (exact) mass is 345 g/mol. The Morgan fingerprint density at radius 3 is 2.72 bits per heavy atom. The van der Waals surface area contributed by atoms with Crippen molar-refractivity contribution in [1.29, 1.82) is 0 Å². The summed E-state index contributed by atoms with van der Waals surface area (Å²) in [6.45, 7) is 5.72. The highest BCUT2D eigenvalue weighted by atomic mass is 16.4. The van der Waals surface area contributed by atoms with E-state index in [9.17, 15) is 4.79 Å². The summed E-state index contributed by atoms with van der Waals surface area (Å²) >= 11 is 0. The van der Waals surface area contributed by atoms with Crippen LogP contribution in [0.3, 0.4) is 0 Å². The topological polar surface area (TPSA) is 39.9 Å². The molecule has 0 N–H and O–H groups in total. The molecule has 3 saturated heterocycles. The smallest absolute Gasteiger partial charge is 0.289 e. The number of piperidine rings is 1. The first-order chi connectivity index (χ1) is 12.1. The number of carbonyl (C=O) groups excluding carboxylic acids is 1. The Kier molecular flexibility index (Phi) is 4.87. The van der Waals surface area contributed by atoms with Crippen LogP contribution in [0.5, 0.6) is 0 Å². The zero-order valence-electron chi connectivity index (χ0n) is 15.6. The number of nitrogens with zero attached hydrogens (tertiary/aromatic N) is 3. The van der Waals surface area contributed by atoms with Crippen molar-refractivity contribution in [3.8, 4) is 0 Å². The zero-order chi connectivity index (χ0) is 17.4. The number of rotatable bonds is 5. The van der Waals surface area contributed by atoms with E-state index >= 15 is 0 Å². The molecule has 0 radical (unpaired) electrons. The van der Waals surface area contributed by atoms with Crippen LogP contribution < -0.4 is 0 Å². The van der Waals surface area contributed by atoms with E-state index in [1.165, 1.54) is 45.2 Å². The number of amides is 1. The Labute approximate surface area is 150 Å². The maximum absolute atomic E-state index is 12.0. The average molecular weight is 345 g/mol. The molecule has 4 fully saturated rings. The number of furan rings is 1. The summed E-state index contributed by atoms with van der Waals surface area (Å²) < 4.78 is 5.81. The van der Waals surface area contributed by atoms with Gasteiger partial charge in [-0.15, -0.1) is 0 Å². The Hall–Kier alpha value is -1.33. The van der Waals surface area contributed by atoms with Crippen molar-refractivity contribution in [3.05, 3.63) is 23.7 Å². The van der Waals surface area contributed by atoms with E-state index in [-0.39, 0.29) is 5.91 Å². The lowest BCUT2D eigenvalue weighted by atomic mass is 9.83. The van der Waals surface area contributed by atoms with E-state index in [1.807, 2.05) is 12.1 Å². The molecule has 0 aromatic carbocycles. The predicted molar refractivity (Wildman–Crippen MR) is 97.4 cm³/mol. The highest BCUT2D eigenvalue weighted by molar-refractivity contribution is 5.91. The lowest BCUT2D eigenvalue weighted by molar-refractivity contribution is 0.0791. The van der Waals surface area contributed by atoms with Crippen LogP contribution in [-0.4, -0.2) is 66.9 Å². The molecule has 1 aromatic rings. The van der Waals surface area contributed by atoms with Crippen molar-refractivity contribution in [1.82, 2.24) is 14.7 Å². The molecule has 5 nitrogen and oxygen atoms in total. The van der Waals surface area contributed by atoms with E-state index in [1.54, 1.807) is 19.0 Å². The third-order valence-electron chi connectivity index (χ3n) is 6.28. The van der Waals surface area contributed by atoms with Gasteiger partial charge in [0.05, 0.1) is 6.54 Å². The van der Waals surface area contributed by atoms with Crippen LogP contribution in [0.15, 0.2) is 16.5 Å². The van der Waals surface area contributed by atoms with Gasteiger partial charge in [0.2, 0.25) is 0 Å². The molecule has 0 unspecified atom stereocenters. The summed E-state index contributed by atoms with van der Waals surface area (Å²) in [6.07, 6.45) is 7.02. The largest absolute Gasteiger partial charge is 0.455 e. The summed E-state index contributed by atoms with van der Waals surface area (Å²) in [4.78, 5) is 18.9. The van der Waals surface area contributed by atoms with E-state index in [4.69, 9.17) is 4.42 Å². The van der Waals surface area contributed by atoms with E-state index in [0.717, 1.165) is 37.2 Å². The standard InChI is InChI=1S/C20H31N3O2/c1-21(2)20(24)19-9-8-18(25-19)14-22-10-16-6-7-17(13-22)23(12-16)11-15-4-3-5-15/h8-9,15-17H,3-7,10-14H2,1-2H3/t16-,17+/m0/s1. The summed E-state index contributed by atoms with van der Waals surface area (Å²) in [5.74, 6) is 3.05. The van der Waals surface area contributed by atoms with Gasteiger partial charge in [-0.2, -0.15) is 0 Å². The number of carbonyl (C=O) groups is 1. The van der Waals surface area contributed by atoms with Crippen LogP contribution in [0.4, 0.5) is 0 Å². The van der Waals surface area contributed by atoms with Crippen LogP contribution in [0, 0.1) is 11.8 Å². The van der Waals surface area contributed by atoms with Crippen molar-refractivity contribution >= 4 is 5.91 Å². The molecule has 2 bridgehead atoms. The van der Waals surface area contributed by atoms with Gasteiger partial charge < -0.3 is 9.32 Å². The Morgan fingerprint density at radius 2 is 2.00 bits per heavy atom. The van der Waals surface area contributed by atoms with Gasteiger partial charge in [0.15, 0.2) is 5.76 Å². The van der Waals surface area contributed by atoms with Gasteiger partial charge >= 0.3 is 0 Å². The SMILES string of the molecule is CN(C)C(=O)c1ccc(CN2C[C@@H]3CC[C@H](C2)N(CC2CCC2)C3)o1. The minimum atomic E-state index is -0.0612. The van der Waals surface area contributed by atoms with Crippen LogP contribution >= 0.6 is 0 Å². The van der Waals surface area contributed by atoms with Gasteiger partial charge in [0, 0.05) is 46.3 Å². The first-order valence-corrected chi connectivity index (χ1v) is 9.85. The fourth-order valence-corrected chi connectivity index (χ4v) is 4.65. The lowest BCUT2D eigenvalue weighted by Gasteiger charge is -2.40. The van der Waals surface area contributed by atoms with Crippen molar-refractivity contribution in [2.75, 3.05) is 40.3 Å². The number of fused-ring (bicyclic) bond motifs is 4. The van der Waals surface area contributed by atoms with Crippen molar-refractivity contribution in [2.45, 2.75) is 44.7 Å². The molecular weight excluding hydrogens is 314 g/mol. The molecule has 1 aliphatic carbocycles. The quantitative estimate of drug-likeness (QED) is 0.823. The molecule has 5 rings (SSSR count). The fourth-order valence-electron chi connectivity index (χ4n) is 4.65. The second-order valence-electron chi connectivity index (χ2n) is 8.51. The van der Waals surface area contributed by atoms with Crippen LogP contribution in [0.1, 0.15) is 48.4 Å². The molecule has 4 aliphatic rings. The third-order valence-corrected chi connectivity index (χ3v) is 6.28. The molecule has 25 heavy (non-hydrogen) atoms.